The molecule has 1 saturated carbocycles. The van der Waals surface area contributed by atoms with Crippen molar-refractivity contribution in [3.05, 3.63) is 12.2 Å². The molecule has 0 aromatic heterocycles. The van der Waals surface area contributed by atoms with Crippen LogP contribution in [0.4, 0.5) is 0 Å². The third-order valence-electron chi connectivity index (χ3n) is 4.65. The van der Waals surface area contributed by atoms with Gasteiger partial charge in [-0.25, -0.2) is 0 Å². The molecule has 1 atom stereocenters. The molecule has 0 bridgehead atoms. The number of ketones is 1. The molecule has 0 N–H and O–H groups in total. The number of rotatable bonds is 4. The Morgan fingerprint density at radius 3 is 2.00 bits per heavy atom. The summed E-state index contributed by atoms with van der Waals surface area (Å²) in [4.78, 5) is 11.8. The SMILES string of the molecule is C=C(C)C1CCC(CC(C(C)=O)C(C)(C)C)CC1. The summed E-state index contributed by atoms with van der Waals surface area (Å²) in [7, 11) is 0. The molecule has 18 heavy (non-hydrogen) atoms. The van der Waals surface area contributed by atoms with E-state index in [0.717, 1.165) is 18.3 Å². The van der Waals surface area contributed by atoms with Crippen molar-refractivity contribution in [1.82, 2.24) is 0 Å². The monoisotopic (exact) mass is 250 g/mol. The van der Waals surface area contributed by atoms with Crippen LogP contribution >= 0.6 is 0 Å². The summed E-state index contributed by atoms with van der Waals surface area (Å²) in [5, 5.41) is 0. The van der Waals surface area contributed by atoms with E-state index in [-0.39, 0.29) is 11.3 Å². The standard InChI is InChI=1S/C17H30O/c1-12(2)15-9-7-14(8-10-15)11-16(13(3)18)17(4,5)6/h14-16H,1,7-11H2,2-6H3. The molecule has 104 valence electrons. The van der Waals surface area contributed by atoms with Gasteiger partial charge >= 0.3 is 0 Å². The molecular weight excluding hydrogens is 220 g/mol. The number of carbonyl (C=O) groups excluding carboxylic acids is 1. The Hall–Kier alpha value is -0.590. The van der Waals surface area contributed by atoms with E-state index in [2.05, 4.69) is 34.3 Å². The summed E-state index contributed by atoms with van der Waals surface area (Å²) in [5.74, 6) is 2.06. The maximum absolute atomic E-state index is 11.8. The van der Waals surface area contributed by atoms with Crippen molar-refractivity contribution in [2.24, 2.45) is 23.2 Å². The van der Waals surface area contributed by atoms with Gasteiger partial charge in [-0.15, -0.1) is 0 Å². The first-order valence-electron chi connectivity index (χ1n) is 7.37. The van der Waals surface area contributed by atoms with Crippen molar-refractivity contribution in [3.63, 3.8) is 0 Å². The fourth-order valence-corrected chi connectivity index (χ4v) is 3.35. The molecule has 0 amide bonds. The summed E-state index contributed by atoms with van der Waals surface area (Å²) in [6.45, 7) is 14.6. The van der Waals surface area contributed by atoms with Gasteiger partial charge in [0.25, 0.3) is 0 Å². The second kappa shape index (κ2) is 6.04. The maximum Gasteiger partial charge on any atom is 0.133 e. The number of hydrogen-bond acceptors (Lipinski definition) is 1. The van der Waals surface area contributed by atoms with Crippen molar-refractivity contribution in [1.29, 1.82) is 0 Å². The van der Waals surface area contributed by atoms with Crippen molar-refractivity contribution < 1.29 is 4.79 Å². The largest absolute Gasteiger partial charge is 0.300 e. The van der Waals surface area contributed by atoms with Gasteiger partial charge in [0, 0.05) is 5.92 Å². The van der Waals surface area contributed by atoms with Crippen LogP contribution in [0, 0.1) is 23.2 Å². The highest BCUT2D eigenvalue weighted by Gasteiger charge is 2.32. The zero-order chi connectivity index (χ0) is 13.9. The lowest BCUT2D eigenvalue weighted by atomic mass is 9.69. The minimum atomic E-state index is 0.108. The number of Topliss-reactive ketones (excluding diaryl/α,β-unsaturated/α-hetero) is 1. The van der Waals surface area contributed by atoms with Gasteiger partial charge in [0.2, 0.25) is 0 Å². The summed E-state index contributed by atoms with van der Waals surface area (Å²) < 4.78 is 0. The first-order valence-corrected chi connectivity index (χ1v) is 7.37. The topological polar surface area (TPSA) is 17.1 Å². The molecule has 1 nitrogen and oxygen atoms in total. The Kier molecular flexibility index (Phi) is 5.19. The van der Waals surface area contributed by atoms with Gasteiger partial charge in [-0.3, -0.25) is 4.79 Å². The van der Waals surface area contributed by atoms with Crippen molar-refractivity contribution >= 4 is 5.78 Å². The fourth-order valence-electron chi connectivity index (χ4n) is 3.35. The van der Waals surface area contributed by atoms with E-state index in [1.54, 1.807) is 6.92 Å². The highest BCUT2D eigenvalue weighted by molar-refractivity contribution is 5.79. The Labute approximate surface area is 113 Å². The highest BCUT2D eigenvalue weighted by atomic mass is 16.1. The fraction of sp³-hybridized carbons (Fsp3) is 0.824. The Balaban J connectivity index is 2.53. The minimum absolute atomic E-state index is 0.108. The lowest BCUT2D eigenvalue weighted by Crippen LogP contribution is -2.30. The Morgan fingerprint density at radius 1 is 1.17 bits per heavy atom. The summed E-state index contributed by atoms with van der Waals surface area (Å²) in [6.07, 6.45) is 6.18. The number of hydrogen-bond donors (Lipinski definition) is 0. The van der Waals surface area contributed by atoms with Gasteiger partial charge < -0.3 is 0 Å². The van der Waals surface area contributed by atoms with E-state index in [4.69, 9.17) is 0 Å². The quantitative estimate of drug-likeness (QED) is 0.641. The van der Waals surface area contributed by atoms with Gasteiger partial charge in [-0.2, -0.15) is 0 Å². The molecule has 1 aliphatic rings. The third-order valence-corrected chi connectivity index (χ3v) is 4.65. The van der Waals surface area contributed by atoms with Crippen LogP contribution in [0.1, 0.15) is 66.7 Å². The second-order valence-electron chi connectivity index (χ2n) is 7.33. The van der Waals surface area contributed by atoms with E-state index >= 15 is 0 Å². The van der Waals surface area contributed by atoms with Crippen LogP contribution < -0.4 is 0 Å². The Bertz CT molecular complexity index is 300. The molecular formula is C17H30O. The second-order valence-corrected chi connectivity index (χ2v) is 7.33. The van der Waals surface area contributed by atoms with Crippen LogP contribution in [-0.4, -0.2) is 5.78 Å². The first-order chi connectivity index (χ1) is 8.21. The van der Waals surface area contributed by atoms with Gasteiger partial charge in [0.05, 0.1) is 0 Å². The highest BCUT2D eigenvalue weighted by Crippen LogP contribution is 2.39. The van der Waals surface area contributed by atoms with Gasteiger partial charge in [0.15, 0.2) is 0 Å². The molecule has 0 spiro atoms. The van der Waals surface area contributed by atoms with Crippen molar-refractivity contribution in [3.8, 4) is 0 Å². The lowest BCUT2D eigenvalue weighted by Gasteiger charge is -2.35. The first kappa shape index (κ1) is 15.5. The van der Waals surface area contributed by atoms with E-state index in [9.17, 15) is 4.79 Å². The minimum Gasteiger partial charge on any atom is -0.300 e. The third kappa shape index (κ3) is 4.26. The molecule has 0 aromatic rings. The van der Waals surface area contributed by atoms with Crippen LogP contribution in [0.25, 0.3) is 0 Å². The summed E-state index contributed by atoms with van der Waals surface area (Å²) in [5.41, 5.74) is 1.45. The molecule has 0 saturated heterocycles. The van der Waals surface area contributed by atoms with Crippen molar-refractivity contribution in [2.75, 3.05) is 0 Å². The molecule has 1 aliphatic carbocycles. The molecule has 0 aliphatic heterocycles. The number of allylic oxidation sites excluding steroid dienone is 1. The average Bonchev–Trinajstić information content (AvgIpc) is 2.24. The summed E-state index contributed by atoms with van der Waals surface area (Å²) >= 11 is 0. The van der Waals surface area contributed by atoms with Crippen LogP contribution in [-0.2, 0) is 4.79 Å². The van der Waals surface area contributed by atoms with E-state index in [0.29, 0.717) is 5.78 Å². The molecule has 0 aromatic carbocycles. The van der Waals surface area contributed by atoms with Gasteiger partial charge in [-0.05, 0) is 63.2 Å². The predicted molar refractivity (Wildman–Crippen MR) is 78.5 cm³/mol. The molecule has 1 fully saturated rings. The molecule has 1 rings (SSSR count). The lowest BCUT2D eigenvalue weighted by molar-refractivity contribution is -0.124. The zero-order valence-electron chi connectivity index (χ0n) is 12.9. The molecule has 0 radical (unpaired) electrons. The van der Waals surface area contributed by atoms with Crippen LogP contribution in [0.3, 0.4) is 0 Å². The van der Waals surface area contributed by atoms with E-state index < -0.39 is 0 Å². The number of carbonyl (C=O) groups is 1. The van der Waals surface area contributed by atoms with Crippen LogP contribution in [0.2, 0.25) is 0 Å². The molecule has 0 heterocycles. The zero-order valence-corrected chi connectivity index (χ0v) is 12.9. The van der Waals surface area contributed by atoms with Gasteiger partial charge in [-0.1, -0.05) is 32.9 Å². The summed E-state index contributed by atoms with van der Waals surface area (Å²) in [6, 6.07) is 0. The van der Waals surface area contributed by atoms with Crippen molar-refractivity contribution in [2.45, 2.75) is 66.7 Å². The average molecular weight is 250 g/mol. The van der Waals surface area contributed by atoms with Gasteiger partial charge in [0.1, 0.15) is 5.78 Å². The smallest absolute Gasteiger partial charge is 0.133 e. The Morgan fingerprint density at radius 2 is 1.67 bits per heavy atom. The van der Waals surface area contributed by atoms with Crippen LogP contribution in [0.5, 0.6) is 0 Å². The normalized spacial score (nSPS) is 26.7. The molecule has 1 unspecified atom stereocenters. The predicted octanol–water partition coefficient (Wildman–Crippen LogP) is 5.01. The van der Waals surface area contributed by atoms with Crippen LogP contribution in [0.15, 0.2) is 12.2 Å². The molecule has 1 heteroatoms. The maximum atomic E-state index is 11.8. The van der Waals surface area contributed by atoms with E-state index in [1.165, 1.54) is 31.3 Å². The van der Waals surface area contributed by atoms with E-state index in [1.807, 2.05) is 0 Å².